The van der Waals surface area contributed by atoms with E-state index in [1.807, 2.05) is 36.4 Å². The molecule has 114 valence electrons. The molecule has 0 atom stereocenters. The van der Waals surface area contributed by atoms with E-state index in [-0.39, 0.29) is 5.95 Å². The molecule has 0 bridgehead atoms. The number of hydrogen-bond acceptors (Lipinski definition) is 4. The largest absolute Gasteiger partial charge is 0.399 e. The summed E-state index contributed by atoms with van der Waals surface area (Å²) < 4.78 is 0. The Morgan fingerprint density at radius 2 is 1.82 bits per heavy atom. The highest BCUT2D eigenvalue weighted by Gasteiger charge is 2.10. The third-order valence-corrected chi connectivity index (χ3v) is 3.20. The Hall–Kier alpha value is -2.33. The lowest BCUT2D eigenvalue weighted by Gasteiger charge is -2.08. The molecule has 5 heteroatoms. The highest BCUT2D eigenvalue weighted by atomic mass is 35.5. The minimum Gasteiger partial charge on any atom is -0.399 e. The van der Waals surface area contributed by atoms with Crippen molar-refractivity contribution in [3.8, 4) is 11.3 Å². The number of nitrogens with zero attached hydrogens (tertiary/aromatic N) is 2. The van der Waals surface area contributed by atoms with Gasteiger partial charge in [0.25, 0.3) is 0 Å². The van der Waals surface area contributed by atoms with Crippen LogP contribution in [0.25, 0.3) is 22.0 Å². The molecule has 22 heavy (non-hydrogen) atoms. The second kappa shape index (κ2) is 7.09. The Kier molecular flexibility index (Phi) is 5.17. The minimum absolute atomic E-state index is 0.195. The molecule has 1 aromatic heterocycles. The molecule has 0 aliphatic rings. The van der Waals surface area contributed by atoms with E-state index in [2.05, 4.69) is 23.8 Å². The first-order valence-electron chi connectivity index (χ1n) is 7.13. The van der Waals surface area contributed by atoms with E-state index in [1.54, 1.807) is 0 Å². The zero-order valence-corrected chi connectivity index (χ0v) is 13.4. The number of anilines is 2. The van der Waals surface area contributed by atoms with Crippen molar-refractivity contribution in [1.82, 2.24) is 9.97 Å². The Morgan fingerprint density at radius 3 is 2.55 bits per heavy atom. The average Bonchev–Trinajstić information content (AvgIpc) is 2.50. The highest BCUT2D eigenvalue weighted by Crippen LogP contribution is 2.32. The average molecular weight is 315 g/mol. The van der Waals surface area contributed by atoms with Crippen molar-refractivity contribution >= 4 is 34.0 Å². The van der Waals surface area contributed by atoms with Crippen LogP contribution < -0.4 is 11.5 Å². The summed E-state index contributed by atoms with van der Waals surface area (Å²) in [6.45, 7) is 4.25. The summed E-state index contributed by atoms with van der Waals surface area (Å²) in [4.78, 5) is 8.09. The fraction of sp³-hybridized carbons (Fsp3) is 0.176. The normalized spacial score (nSPS) is 10.1. The van der Waals surface area contributed by atoms with Gasteiger partial charge in [0.2, 0.25) is 5.95 Å². The highest BCUT2D eigenvalue weighted by molar-refractivity contribution is 6.33. The van der Waals surface area contributed by atoms with Crippen molar-refractivity contribution < 1.29 is 0 Å². The van der Waals surface area contributed by atoms with Crippen molar-refractivity contribution in [2.45, 2.75) is 20.3 Å². The van der Waals surface area contributed by atoms with E-state index in [9.17, 15) is 0 Å². The fourth-order valence-electron chi connectivity index (χ4n) is 2.07. The van der Waals surface area contributed by atoms with Crippen LogP contribution in [-0.2, 0) is 0 Å². The van der Waals surface area contributed by atoms with Crippen molar-refractivity contribution in [2.75, 3.05) is 11.5 Å². The van der Waals surface area contributed by atoms with Gasteiger partial charge in [-0.1, -0.05) is 56.1 Å². The van der Waals surface area contributed by atoms with E-state index in [4.69, 9.17) is 23.1 Å². The smallest absolute Gasteiger partial charge is 0.220 e. The number of halogens is 1. The zero-order chi connectivity index (χ0) is 16.1. The summed E-state index contributed by atoms with van der Waals surface area (Å²) >= 11 is 6.16. The fourth-order valence-corrected chi connectivity index (χ4v) is 2.26. The molecule has 0 radical (unpaired) electrons. The van der Waals surface area contributed by atoms with Crippen LogP contribution >= 0.6 is 11.6 Å². The first-order valence-corrected chi connectivity index (χ1v) is 7.51. The molecule has 1 heterocycles. The maximum absolute atomic E-state index is 6.16. The lowest BCUT2D eigenvalue weighted by atomic mass is 10.0. The number of nitrogens with two attached hydrogens (primary N) is 2. The van der Waals surface area contributed by atoms with Gasteiger partial charge in [0.15, 0.2) is 0 Å². The molecule has 3 aromatic rings. The van der Waals surface area contributed by atoms with E-state index in [1.165, 1.54) is 12.6 Å². The van der Waals surface area contributed by atoms with Gasteiger partial charge in [0.05, 0.1) is 16.9 Å². The van der Waals surface area contributed by atoms with Gasteiger partial charge in [-0.2, -0.15) is 0 Å². The molecule has 4 N–H and O–H groups in total. The maximum Gasteiger partial charge on any atom is 0.220 e. The number of hydrogen-bond donors (Lipinski definition) is 2. The molecule has 0 saturated heterocycles. The number of fused-ring (bicyclic) bond motifs is 1. The van der Waals surface area contributed by atoms with Gasteiger partial charge < -0.3 is 11.5 Å². The molecule has 0 unspecified atom stereocenters. The molecule has 0 aliphatic carbocycles. The lowest BCUT2D eigenvalue weighted by molar-refractivity contribution is 1.09. The topological polar surface area (TPSA) is 77.8 Å². The second-order valence-corrected chi connectivity index (χ2v) is 5.33. The Labute approximate surface area is 135 Å². The monoisotopic (exact) mass is 314 g/mol. The van der Waals surface area contributed by atoms with Crippen LogP contribution in [0.3, 0.4) is 0 Å². The van der Waals surface area contributed by atoms with Crippen LogP contribution in [0.15, 0.2) is 42.6 Å². The van der Waals surface area contributed by atoms with Crippen molar-refractivity contribution in [3.05, 3.63) is 47.6 Å². The van der Waals surface area contributed by atoms with Gasteiger partial charge in [0, 0.05) is 11.3 Å². The standard InChI is InChI=1S/C14H11ClN4.C3H8/c15-12-7-18-14(17)19-13(12)10-3-1-2-8-4-5-9(16)6-11(8)10;1-3-2/h1-7H,16H2,(H2,17,18,19);3H2,1-2H3. The zero-order valence-electron chi connectivity index (χ0n) is 12.7. The maximum atomic E-state index is 6.16. The first kappa shape index (κ1) is 16.0. The van der Waals surface area contributed by atoms with Gasteiger partial charge >= 0.3 is 0 Å². The Bertz CT molecular complexity index is 787. The molecule has 0 fully saturated rings. The molecule has 3 rings (SSSR count). The van der Waals surface area contributed by atoms with E-state index < -0.39 is 0 Å². The molecule has 0 saturated carbocycles. The molecule has 0 aliphatic heterocycles. The third-order valence-electron chi connectivity index (χ3n) is 2.92. The molecule has 2 aromatic carbocycles. The Balaban J connectivity index is 0.000000545. The SMILES string of the molecule is CCC.Nc1ccc2cccc(-c3nc(N)ncc3Cl)c2c1. The van der Waals surface area contributed by atoms with Gasteiger partial charge in [-0.3, -0.25) is 0 Å². The van der Waals surface area contributed by atoms with Crippen LogP contribution in [0, 0.1) is 0 Å². The van der Waals surface area contributed by atoms with Gasteiger partial charge in [-0.05, 0) is 22.9 Å². The summed E-state index contributed by atoms with van der Waals surface area (Å²) in [5.41, 5.74) is 13.7. The summed E-state index contributed by atoms with van der Waals surface area (Å²) in [7, 11) is 0. The number of aromatic nitrogens is 2. The van der Waals surface area contributed by atoms with Crippen molar-refractivity contribution in [1.29, 1.82) is 0 Å². The molecular weight excluding hydrogens is 296 g/mol. The first-order chi connectivity index (χ1) is 10.6. The number of nitrogen functional groups attached to an aromatic ring is 2. The quantitative estimate of drug-likeness (QED) is 0.647. The van der Waals surface area contributed by atoms with Gasteiger partial charge in [-0.15, -0.1) is 0 Å². The van der Waals surface area contributed by atoms with Gasteiger partial charge in [-0.25, -0.2) is 9.97 Å². The molecule has 0 amide bonds. The van der Waals surface area contributed by atoms with Crippen LogP contribution in [-0.4, -0.2) is 9.97 Å². The summed E-state index contributed by atoms with van der Waals surface area (Å²) in [6.07, 6.45) is 2.75. The molecule has 4 nitrogen and oxygen atoms in total. The van der Waals surface area contributed by atoms with Crippen LogP contribution in [0.2, 0.25) is 5.02 Å². The Morgan fingerprint density at radius 1 is 1.09 bits per heavy atom. The van der Waals surface area contributed by atoms with E-state index in [0.29, 0.717) is 16.4 Å². The van der Waals surface area contributed by atoms with Crippen molar-refractivity contribution in [2.24, 2.45) is 0 Å². The number of rotatable bonds is 1. The van der Waals surface area contributed by atoms with E-state index >= 15 is 0 Å². The van der Waals surface area contributed by atoms with Crippen LogP contribution in [0.5, 0.6) is 0 Å². The van der Waals surface area contributed by atoms with E-state index in [0.717, 1.165) is 16.3 Å². The number of benzene rings is 2. The summed E-state index contributed by atoms with van der Waals surface area (Å²) in [6, 6.07) is 11.6. The van der Waals surface area contributed by atoms with Gasteiger partial charge in [0.1, 0.15) is 0 Å². The summed E-state index contributed by atoms with van der Waals surface area (Å²) in [5.74, 6) is 0.195. The lowest BCUT2D eigenvalue weighted by Crippen LogP contribution is -1.97. The predicted octanol–water partition coefficient (Wildman–Crippen LogP) is 4.53. The third kappa shape index (κ3) is 3.46. The molecular formula is C17H19ClN4. The van der Waals surface area contributed by atoms with Crippen molar-refractivity contribution in [3.63, 3.8) is 0 Å². The van der Waals surface area contributed by atoms with Crippen LogP contribution in [0.4, 0.5) is 11.6 Å². The summed E-state index contributed by atoms with van der Waals surface area (Å²) in [5, 5.41) is 2.52. The second-order valence-electron chi connectivity index (χ2n) is 4.92. The van der Waals surface area contributed by atoms with Crippen LogP contribution in [0.1, 0.15) is 20.3 Å². The predicted molar refractivity (Wildman–Crippen MR) is 94.8 cm³/mol. The minimum atomic E-state index is 0.195. The molecule has 0 spiro atoms.